The van der Waals surface area contributed by atoms with Crippen LogP contribution >= 0.6 is 0 Å². The number of aryl methyl sites for hydroxylation is 1. The van der Waals surface area contributed by atoms with E-state index in [0.29, 0.717) is 5.39 Å². The van der Waals surface area contributed by atoms with Crippen LogP contribution in [0.4, 0.5) is 11.4 Å². The summed E-state index contributed by atoms with van der Waals surface area (Å²) in [7, 11) is 0. The Morgan fingerprint density at radius 2 is 1.64 bits per heavy atom. The molecule has 1 aliphatic heterocycles. The smallest absolute Gasteiger partial charge is 0.261 e. The lowest BCUT2D eigenvalue weighted by Gasteiger charge is -2.35. The molecule has 186 valence electrons. The molecule has 5 heteroatoms. The Labute approximate surface area is 214 Å². The Morgan fingerprint density at radius 3 is 2.44 bits per heavy atom. The summed E-state index contributed by atoms with van der Waals surface area (Å²) in [4.78, 5) is 22.6. The van der Waals surface area contributed by atoms with Gasteiger partial charge < -0.3 is 9.80 Å². The van der Waals surface area contributed by atoms with Crippen LogP contribution in [0.1, 0.15) is 44.2 Å². The number of para-hydroxylation sites is 3. The van der Waals surface area contributed by atoms with Crippen molar-refractivity contribution >= 4 is 22.3 Å². The first-order valence-electron chi connectivity index (χ1n) is 13.3. The molecule has 1 saturated heterocycles. The van der Waals surface area contributed by atoms with Crippen molar-refractivity contribution in [3.8, 4) is 0 Å². The molecular formula is C31H36N4O. The number of aromatic nitrogens is 2. The zero-order valence-electron chi connectivity index (χ0n) is 21.2. The molecule has 0 atom stereocenters. The van der Waals surface area contributed by atoms with Gasteiger partial charge in [0.05, 0.1) is 17.2 Å². The highest BCUT2D eigenvalue weighted by molar-refractivity contribution is 5.76. The molecular weight excluding hydrogens is 444 g/mol. The first kappa shape index (κ1) is 24.3. The fraction of sp³-hybridized carbons (Fsp3) is 0.355. The Bertz CT molecular complexity index is 1330. The maximum Gasteiger partial charge on any atom is 0.261 e. The van der Waals surface area contributed by atoms with Crippen molar-refractivity contribution in [2.45, 2.75) is 45.1 Å². The number of likely N-dealkylation sites (tertiary alicyclic amines) is 1. The molecule has 1 aromatic heterocycles. The van der Waals surface area contributed by atoms with Crippen LogP contribution in [0.15, 0.2) is 90.0 Å². The predicted octanol–water partition coefficient (Wildman–Crippen LogP) is 6.21. The molecule has 36 heavy (non-hydrogen) atoms. The molecule has 0 amide bonds. The first-order valence-corrected chi connectivity index (χ1v) is 13.3. The minimum absolute atomic E-state index is 0.0815. The van der Waals surface area contributed by atoms with Gasteiger partial charge in [0, 0.05) is 43.6 Å². The number of rotatable bonds is 9. The van der Waals surface area contributed by atoms with Crippen LogP contribution in [0.2, 0.25) is 0 Å². The summed E-state index contributed by atoms with van der Waals surface area (Å²) in [5.41, 5.74) is 4.84. The number of fused-ring (bicyclic) bond motifs is 1. The van der Waals surface area contributed by atoms with Gasteiger partial charge in [-0.2, -0.15) is 0 Å². The molecule has 1 aliphatic rings. The maximum atomic E-state index is 13.0. The molecule has 0 N–H and O–H groups in total. The van der Waals surface area contributed by atoms with Crippen LogP contribution < -0.4 is 10.5 Å². The molecule has 5 nitrogen and oxygen atoms in total. The summed E-state index contributed by atoms with van der Waals surface area (Å²) in [5.74, 6) is 0. The highest BCUT2D eigenvalue weighted by Crippen LogP contribution is 2.30. The summed E-state index contributed by atoms with van der Waals surface area (Å²) in [6.07, 6.45) is 7.20. The molecule has 0 unspecified atom stereocenters. The molecule has 0 aliphatic carbocycles. The van der Waals surface area contributed by atoms with E-state index in [-0.39, 0.29) is 11.6 Å². The molecule has 0 bridgehead atoms. The van der Waals surface area contributed by atoms with Crippen LogP contribution in [0.5, 0.6) is 0 Å². The minimum atomic E-state index is 0.0815. The zero-order valence-corrected chi connectivity index (χ0v) is 21.2. The van der Waals surface area contributed by atoms with Crippen molar-refractivity contribution in [2.75, 3.05) is 31.1 Å². The SMILES string of the molecule is CCCCc1ccccc1N(CCN1CCC(n2cnc3ccccc3c2=O)CC1)c1ccccc1. The number of nitrogens with zero attached hydrogens (tertiary/aromatic N) is 4. The van der Waals surface area contributed by atoms with Gasteiger partial charge in [0.2, 0.25) is 0 Å². The first-order chi connectivity index (χ1) is 17.7. The van der Waals surface area contributed by atoms with Crippen molar-refractivity contribution in [3.05, 3.63) is 101 Å². The highest BCUT2D eigenvalue weighted by Gasteiger charge is 2.23. The normalized spacial score (nSPS) is 14.8. The van der Waals surface area contributed by atoms with E-state index >= 15 is 0 Å². The second-order valence-corrected chi connectivity index (χ2v) is 9.77. The third-order valence-electron chi connectivity index (χ3n) is 7.43. The van der Waals surface area contributed by atoms with Gasteiger partial charge in [0.15, 0.2) is 0 Å². The number of unbranched alkanes of at least 4 members (excludes halogenated alkanes) is 1. The van der Waals surface area contributed by atoms with E-state index in [0.717, 1.165) is 51.0 Å². The second-order valence-electron chi connectivity index (χ2n) is 9.77. The van der Waals surface area contributed by atoms with E-state index < -0.39 is 0 Å². The van der Waals surface area contributed by atoms with Crippen LogP contribution in [0.25, 0.3) is 10.9 Å². The third-order valence-corrected chi connectivity index (χ3v) is 7.43. The van der Waals surface area contributed by atoms with E-state index in [1.54, 1.807) is 6.33 Å². The lowest BCUT2D eigenvalue weighted by atomic mass is 10.0. The van der Waals surface area contributed by atoms with Crippen LogP contribution in [0.3, 0.4) is 0 Å². The number of anilines is 2. The van der Waals surface area contributed by atoms with Crippen molar-refractivity contribution in [3.63, 3.8) is 0 Å². The quantitative estimate of drug-likeness (QED) is 0.285. The van der Waals surface area contributed by atoms with Gasteiger partial charge in [-0.3, -0.25) is 9.36 Å². The molecule has 0 saturated carbocycles. The van der Waals surface area contributed by atoms with Gasteiger partial charge in [-0.25, -0.2) is 4.98 Å². The van der Waals surface area contributed by atoms with Crippen LogP contribution in [-0.4, -0.2) is 40.6 Å². The van der Waals surface area contributed by atoms with Crippen LogP contribution in [0, 0.1) is 0 Å². The molecule has 0 radical (unpaired) electrons. The van der Waals surface area contributed by atoms with Crippen molar-refractivity contribution < 1.29 is 0 Å². The van der Waals surface area contributed by atoms with Gasteiger partial charge in [-0.15, -0.1) is 0 Å². The summed E-state index contributed by atoms with van der Waals surface area (Å²) in [5, 5.41) is 0.711. The maximum absolute atomic E-state index is 13.0. The lowest BCUT2D eigenvalue weighted by Crippen LogP contribution is -2.41. The van der Waals surface area contributed by atoms with Crippen molar-refractivity contribution in [1.29, 1.82) is 0 Å². The van der Waals surface area contributed by atoms with E-state index in [1.807, 2.05) is 28.8 Å². The van der Waals surface area contributed by atoms with Gasteiger partial charge >= 0.3 is 0 Å². The molecule has 0 spiro atoms. The van der Waals surface area contributed by atoms with Gasteiger partial charge in [-0.05, 0) is 61.6 Å². The average molecular weight is 481 g/mol. The Kier molecular flexibility index (Phi) is 7.77. The molecule has 5 rings (SSSR count). The van der Waals surface area contributed by atoms with Crippen molar-refractivity contribution in [2.24, 2.45) is 0 Å². The summed E-state index contributed by atoms with van der Waals surface area (Å²) >= 11 is 0. The van der Waals surface area contributed by atoms with E-state index in [9.17, 15) is 4.79 Å². The minimum Gasteiger partial charge on any atom is -0.340 e. The van der Waals surface area contributed by atoms with E-state index in [4.69, 9.17) is 0 Å². The Morgan fingerprint density at radius 1 is 0.917 bits per heavy atom. The standard InChI is InChI=1S/C31H36N4O/c1-2-3-11-25-12-7-10-17-30(25)34(26-13-5-4-6-14-26)23-22-33-20-18-27(19-21-33)35-24-32-29-16-9-8-15-28(29)31(35)36/h4-10,12-17,24,27H,2-3,11,18-23H2,1H3. The lowest BCUT2D eigenvalue weighted by molar-refractivity contribution is 0.188. The third kappa shape index (κ3) is 5.36. The van der Waals surface area contributed by atoms with Crippen LogP contribution in [-0.2, 0) is 6.42 Å². The summed E-state index contributed by atoms with van der Waals surface area (Å²) in [6, 6.07) is 27.5. The number of benzene rings is 3. The van der Waals surface area contributed by atoms with Gasteiger partial charge in [-0.1, -0.05) is 61.9 Å². The predicted molar refractivity (Wildman–Crippen MR) is 149 cm³/mol. The Hall–Kier alpha value is -3.44. The zero-order chi connectivity index (χ0) is 24.7. The van der Waals surface area contributed by atoms with E-state index in [1.165, 1.54) is 29.8 Å². The monoisotopic (exact) mass is 480 g/mol. The van der Waals surface area contributed by atoms with E-state index in [2.05, 4.69) is 76.3 Å². The fourth-order valence-corrected chi connectivity index (χ4v) is 5.35. The topological polar surface area (TPSA) is 41.4 Å². The molecule has 4 aromatic rings. The number of hydrogen-bond donors (Lipinski definition) is 0. The Balaban J connectivity index is 1.27. The van der Waals surface area contributed by atoms with Gasteiger partial charge in [0.25, 0.3) is 5.56 Å². The fourth-order valence-electron chi connectivity index (χ4n) is 5.35. The highest BCUT2D eigenvalue weighted by atomic mass is 16.1. The number of hydrogen-bond acceptors (Lipinski definition) is 4. The van der Waals surface area contributed by atoms with Gasteiger partial charge in [0.1, 0.15) is 0 Å². The summed E-state index contributed by atoms with van der Waals surface area (Å²) in [6.45, 7) is 6.17. The summed E-state index contributed by atoms with van der Waals surface area (Å²) < 4.78 is 1.86. The van der Waals surface area contributed by atoms with Crippen molar-refractivity contribution in [1.82, 2.24) is 14.5 Å². The molecule has 1 fully saturated rings. The molecule has 2 heterocycles. The average Bonchev–Trinajstić information content (AvgIpc) is 2.94. The molecule has 3 aromatic carbocycles. The second kappa shape index (κ2) is 11.5. The number of piperidine rings is 1. The largest absolute Gasteiger partial charge is 0.340 e.